The lowest BCUT2D eigenvalue weighted by Gasteiger charge is -2.16. The molecule has 4 atom stereocenters. The van der Waals surface area contributed by atoms with E-state index in [9.17, 15) is 15.3 Å². The number of aliphatic hydroxyl groups is 3. The number of hydrazone groups is 1. The van der Waals surface area contributed by atoms with Gasteiger partial charge in [0.25, 0.3) is 0 Å². The Morgan fingerprint density at radius 2 is 2.22 bits per heavy atom. The molecule has 142 valence electrons. The van der Waals surface area contributed by atoms with E-state index in [1.807, 2.05) is 17.5 Å². The van der Waals surface area contributed by atoms with Gasteiger partial charge in [-0.25, -0.2) is 10.4 Å². The molecular weight excluding hydrogens is 374 g/mol. The molecule has 1 fully saturated rings. The molecule has 27 heavy (non-hydrogen) atoms. The van der Waals surface area contributed by atoms with Crippen LogP contribution in [0.5, 0.6) is 0 Å². The topological polar surface area (TPSA) is 164 Å². The summed E-state index contributed by atoms with van der Waals surface area (Å²) in [7, 11) is 0. The Balaban J connectivity index is 1.64. The predicted molar refractivity (Wildman–Crippen MR) is 98.3 cm³/mol. The van der Waals surface area contributed by atoms with Crippen molar-refractivity contribution in [2.75, 3.05) is 17.8 Å². The molecule has 6 N–H and O–H groups in total. The van der Waals surface area contributed by atoms with Gasteiger partial charge in [-0.2, -0.15) is 15.1 Å². The Bertz CT molecular complexity index is 961. The fourth-order valence-electron chi connectivity index (χ4n) is 2.80. The molecule has 1 aliphatic rings. The number of hydrogen-bond donors (Lipinski definition) is 5. The Hall–Kier alpha value is -2.64. The van der Waals surface area contributed by atoms with Crippen molar-refractivity contribution in [3.63, 3.8) is 0 Å². The Labute approximate surface area is 156 Å². The first kappa shape index (κ1) is 17.8. The smallest absolute Gasteiger partial charge is 0.247 e. The minimum atomic E-state index is -1.26. The summed E-state index contributed by atoms with van der Waals surface area (Å²) in [6.07, 6.45) is -1.37. The van der Waals surface area contributed by atoms with Crippen LogP contribution in [-0.2, 0) is 4.74 Å². The van der Waals surface area contributed by atoms with Crippen LogP contribution in [0.15, 0.2) is 28.9 Å². The number of nitrogens with one attached hydrogen (secondary N) is 1. The number of hydrogen-bond acceptors (Lipinski definition) is 11. The normalized spacial score (nSPS) is 25.6. The van der Waals surface area contributed by atoms with Crippen molar-refractivity contribution in [2.45, 2.75) is 24.5 Å². The van der Waals surface area contributed by atoms with Crippen LogP contribution in [-0.4, -0.2) is 66.0 Å². The van der Waals surface area contributed by atoms with Gasteiger partial charge in [-0.15, -0.1) is 11.3 Å². The molecule has 12 heteroatoms. The molecule has 0 bridgehead atoms. The number of rotatable bonds is 5. The van der Waals surface area contributed by atoms with Gasteiger partial charge >= 0.3 is 0 Å². The van der Waals surface area contributed by atoms with Crippen LogP contribution >= 0.6 is 11.3 Å². The predicted octanol–water partition coefficient (Wildman–Crippen LogP) is -0.473. The summed E-state index contributed by atoms with van der Waals surface area (Å²) >= 11 is 1.53. The molecule has 0 saturated carbocycles. The number of ether oxygens (including phenoxy) is 1. The minimum absolute atomic E-state index is 0.124. The third-order valence-corrected chi connectivity index (χ3v) is 4.95. The van der Waals surface area contributed by atoms with Crippen molar-refractivity contribution in [2.24, 2.45) is 5.10 Å². The molecule has 0 spiro atoms. The summed E-state index contributed by atoms with van der Waals surface area (Å²) in [5, 5.41) is 35.4. The van der Waals surface area contributed by atoms with Crippen molar-refractivity contribution < 1.29 is 20.1 Å². The van der Waals surface area contributed by atoms with E-state index in [-0.39, 0.29) is 11.8 Å². The first-order valence-electron chi connectivity index (χ1n) is 8.03. The zero-order valence-corrected chi connectivity index (χ0v) is 14.7. The van der Waals surface area contributed by atoms with E-state index in [0.717, 1.165) is 4.88 Å². The molecule has 0 radical (unpaired) electrons. The zero-order valence-electron chi connectivity index (χ0n) is 13.9. The lowest BCUT2D eigenvalue weighted by molar-refractivity contribution is -0.0511. The Morgan fingerprint density at radius 1 is 1.37 bits per heavy atom. The van der Waals surface area contributed by atoms with Gasteiger partial charge in [-0.05, 0) is 11.4 Å². The monoisotopic (exact) mass is 391 g/mol. The summed E-state index contributed by atoms with van der Waals surface area (Å²) in [6, 6.07) is 3.82. The van der Waals surface area contributed by atoms with Crippen LogP contribution in [0.25, 0.3) is 11.2 Å². The first-order valence-corrected chi connectivity index (χ1v) is 8.91. The standard InChI is InChI=1S/C15H17N7O4S/c16-12-9-13(20-15(19-12)21-18-4-7-2-1-3-27-7)22(6-17-9)14-11(25)10(24)8(5-23)26-14/h1-4,6,8,10-11,14,23-25H,5H2,(H3,16,19,20,21)/b18-4+/t8-,10-,11-,14?/m1/s1. The number of nitrogens with two attached hydrogens (primary N) is 1. The first-order chi connectivity index (χ1) is 13.1. The Kier molecular flexibility index (Phi) is 4.72. The quantitative estimate of drug-likeness (QED) is 0.285. The van der Waals surface area contributed by atoms with Gasteiger partial charge < -0.3 is 25.8 Å². The number of aliphatic hydroxyl groups excluding tert-OH is 3. The lowest BCUT2D eigenvalue weighted by atomic mass is 10.1. The number of fused-ring (bicyclic) bond motifs is 1. The zero-order chi connectivity index (χ0) is 19.0. The fraction of sp³-hybridized carbons (Fsp3) is 0.333. The van der Waals surface area contributed by atoms with E-state index in [4.69, 9.17) is 10.5 Å². The van der Waals surface area contributed by atoms with Gasteiger partial charge in [0.1, 0.15) is 23.8 Å². The molecule has 4 rings (SSSR count). The third-order valence-electron chi connectivity index (χ3n) is 4.14. The molecular formula is C15H17N7O4S. The highest BCUT2D eigenvalue weighted by molar-refractivity contribution is 7.11. The van der Waals surface area contributed by atoms with Crippen molar-refractivity contribution in [1.29, 1.82) is 0 Å². The SMILES string of the molecule is Nc1nc(N/N=C/c2cccs2)nc2c1ncn2C1O[C@H](CO)[C@@H](O)[C@H]1O. The molecule has 1 unspecified atom stereocenters. The van der Waals surface area contributed by atoms with Gasteiger partial charge in [0.2, 0.25) is 5.95 Å². The molecule has 0 aliphatic carbocycles. The highest BCUT2D eigenvalue weighted by Gasteiger charge is 2.44. The van der Waals surface area contributed by atoms with Crippen LogP contribution in [0.3, 0.4) is 0 Å². The molecule has 0 aromatic carbocycles. The van der Waals surface area contributed by atoms with E-state index < -0.39 is 31.1 Å². The number of nitrogens with zero attached hydrogens (tertiary/aromatic N) is 5. The maximum Gasteiger partial charge on any atom is 0.247 e. The number of aromatic nitrogens is 4. The number of anilines is 2. The van der Waals surface area contributed by atoms with Crippen LogP contribution in [0.1, 0.15) is 11.1 Å². The number of nitrogen functional groups attached to an aromatic ring is 1. The second kappa shape index (κ2) is 7.17. The largest absolute Gasteiger partial charge is 0.394 e. The Morgan fingerprint density at radius 3 is 2.93 bits per heavy atom. The highest BCUT2D eigenvalue weighted by Crippen LogP contribution is 2.32. The van der Waals surface area contributed by atoms with E-state index in [0.29, 0.717) is 11.2 Å². The average molecular weight is 391 g/mol. The molecule has 1 aliphatic heterocycles. The third kappa shape index (κ3) is 3.24. The summed E-state index contributed by atoms with van der Waals surface area (Å²) in [6.45, 7) is -0.428. The van der Waals surface area contributed by atoms with Crippen LogP contribution in [0.4, 0.5) is 11.8 Å². The van der Waals surface area contributed by atoms with E-state index in [1.54, 1.807) is 6.21 Å². The molecule has 4 heterocycles. The molecule has 3 aromatic heterocycles. The van der Waals surface area contributed by atoms with Gasteiger partial charge in [0, 0.05) is 4.88 Å². The van der Waals surface area contributed by atoms with E-state index >= 15 is 0 Å². The van der Waals surface area contributed by atoms with Crippen LogP contribution < -0.4 is 11.2 Å². The van der Waals surface area contributed by atoms with Gasteiger partial charge in [0.05, 0.1) is 19.1 Å². The summed E-state index contributed by atoms with van der Waals surface area (Å²) < 4.78 is 6.96. The molecule has 11 nitrogen and oxygen atoms in total. The second-order valence-electron chi connectivity index (χ2n) is 5.87. The minimum Gasteiger partial charge on any atom is -0.394 e. The van der Waals surface area contributed by atoms with E-state index in [2.05, 4.69) is 25.5 Å². The van der Waals surface area contributed by atoms with Gasteiger partial charge in [-0.3, -0.25) is 4.57 Å². The van der Waals surface area contributed by atoms with Crippen LogP contribution in [0, 0.1) is 0 Å². The van der Waals surface area contributed by atoms with Crippen molar-refractivity contribution in [3.05, 3.63) is 28.7 Å². The number of imidazole rings is 1. The number of thiophene rings is 1. The second-order valence-corrected chi connectivity index (χ2v) is 6.85. The highest BCUT2D eigenvalue weighted by atomic mass is 32.1. The maximum absolute atomic E-state index is 10.2. The van der Waals surface area contributed by atoms with Crippen LogP contribution in [0.2, 0.25) is 0 Å². The summed E-state index contributed by atoms with van der Waals surface area (Å²) in [5.41, 5.74) is 9.26. The molecule has 0 amide bonds. The summed E-state index contributed by atoms with van der Waals surface area (Å²) in [4.78, 5) is 13.5. The average Bonchev–Trinajstić information content (AvgIpc) is 3.37. The molecule has 1 saturated heterocycles. The van der Waals surface area contributed by atoms with Crippen molar-refractivity contribution >= 4 is 40.5 Å². The van der Waals surface area contributed by atoms with Gasteiger partial charge in [0.15, 0.2) is 17.7 Å². The lowest BCUT2D eigenvalue weighted by Crippen LogP contribution is -2.33. The van der Waals surface area contributed by atoms with Crippen molar-refractivity contribution in [3.8, 4) is 0 Å². The fourth-order valence-corrected chi connectivity index (χ4v) is 3.39. The van der Waals surface area contributed by atoms with E-state index in [1.165, 1.54) is 22.2 Å². The molecule has 3 aromatic rings. The maximum atomic E-state index is 10.2. The van der Waals surface area contributed by atoms with Crippen molar-refractivity contribution in [1.82, 2.24) is 19.5 Å². The van der Waals surface area contributed by atoms with Gasteiger partial charge in [-0.1, -0.05) is 6.07 Å². The summed E-state index contributed by atoms with van der Waals surface area (Å²) in [5.74, 6) is 0.264.